The molecule has 0 aliphatic carbocycles. The van der Waals surface area contributed by atoms with Gasteiger partial charge in [-0.15, -0.1) is 0 Å². The molecule has 8 heteroatoms. The second-order valence-corrected chi connectivity index (χ2v) is 6.06. The number of halogens is 2. The summed E-state index contributed by atoms with van der Waals surface area (Å²) in [5, 5.41) is 13.8. The first-order chi connectivity index (χ1) is 12.8. The number of aromatic carboxylic acids is 1. The van der Waals surface area contributed by atoms with Gasteiger partial charge in [0.05, 0.1) is 17.9 Å². The fourth-order valence-corrected chi connectivity index (χ4v) is 3.06. The van der Waals surface area contributed by atoms with E-state index in [2.05, 4.69) is 5.10 Å². The molecule has 3 rings (SSSR count). The quantitative estimate of drug-likeness (QED) is 0.746. The molecule has 2 heterocycles. The van der Waals surface area contributed by atoms with Crippen molar-refractivity contribution in [3.63, 3.8) is 0 Å². The van der Waals surface area contributed by atoms with Crippen LogP contribution in [0.25, 0.3) is 11.3 Å². The molecular formula is C19H17F2N3O3. The molecule has 140 valence electrons. The molecule has 0 unspecified atom stereocenters. The number of aryl methyl sites for hydroxylation is 1. The SMILES string of the molecule is CCn1c(Cn2ccc(C)n2)cc(=O)c(C(=O)O)c1-c1ccc(F)c(F)c1. The number of hydrogen-bond acceptors (Lipinski definition) is 3. The van der Waals surface area contributed by atoms with E-state index in [0.717, 1.165) is 17.8 Å². The van der Waals surface area contributed by atoms with Crippen LogP contribution in [0.5, 0.6) is 0 Å². The summed E-state index contributed by atoms with van der Waals surface area (Å²) in [7, 11) is 0. The second kappa shape index (κ2) is 7.14. The van der Waals surface area contributed by atoms with E-state index in [1.54, 1.807) is 28.4 Å². The fourth-order valence-electron chi connectivity index (χ4n) is 3.06. The van der Waals surface area contributed by atoms with Gasteiger partial charge in [0.2, 0.25) is 0 Å². The van der Waals surface area contributed by atoms with E-state index in [0.29, 0.717) is 12.2 Å². The van der Waals surface area contributed by atoms with Crippen LogP contribution in [-0.4, -0.2) is 25.4 Å². The Morgan fingerprint density at radius 2 is 1.93 bits per heavy atom. The molecule has 0 amide bonds. The van der Waals surface area contributed by atoms with Crippen molar-refractivity contribution in [2.24, 2.45) is 0 Å². The van der Waals surface area contributed by atoms with Gasteiger partial charge in [0.25, 0.3) is 0 Å². The zero-order chi connectivity index (χ0) is 19.7. The second-order valence-electron chi connectivity index (χ2n) is 6.06. The minimum atomic E-state index is -1.43. The largest absolute Gasteiger partial charge is 0.477 e. The van der Waals surface area contributed by atoms with E-state index in [-0.39, 0.29) is 17.8 Å². The average Bonchev–Trinajstić information content (AvgIpc) is 3.01. The van der Waals surface area contributed by atoms with Gasteiger partial charge in [0, 0.05) is 30.1 Å². The summed E-state index contributed by atoms with van der Waals surface area (Å²) in [6, 6.07) is 6.10. The van der Waals surface area contributed by atoms with Gasteiger partial charge in [-0.2, -0.15) is 5.10 Å². The van der Waals surface area contributed by atoms with Crippen molar-refractivity contribution < 1.29 is 18.7 Å². The molecule has 0 aliphatic rings. The smallest absolute Gasteiger partial charge is 0.341 e. The molecule has 0 radical (unpaired) electrons. The molecule has 3 aromatic rings. The third-order valence-corrected chi connectivity index (χ3v) is 4.22. The monoisotopic (exact) mass is 373 g/mol. The molecule has 1 aromatic carbocycles. The summed E-state index contributed by atoms with van der Waals surface area (Å²) >= 11 is 0. The van der Waals surface area contributed by atoms with Crippen LogP contribution in [0.15, 0.2) is 41.3 Å². The Balaban J connectivity index is 2.29. The van der Waals surface area contributed by atoms with Crippen LogP contribution in [-0.2, 0) is 13.1 Å². The molecular weight excluding hydrogens is 356 g/mol. The van der Waals surface area contributed by atoms with Crippen LogP contribution in [0.4, 0.5) is 8.78 Å². The maximum Gasteiger partial charge on any atom is 0.341 e. The number of aromatic nitrogens is 3. The molecule has 0 spiro atoms. The Morgan fingerprint density at radius 3 is 2.48 bits per heavy atom. The van der Waals surface area contributed by atoms with Gasteiger partial charge in [-0.3, -0.25) is 9.48 Å². The molecule has 0 aliphatic heterocycles. The zero-order valence-corrected chi connectivity index (χ0v) is 14.7. The molecule has 6 nitrogen and oxygen atoms in total. The van der Waals surface area contributed by atoms with Crippen LogP contribution < -0.4 is 5.43 Å². The van der Waals surface area contributed by atoms with E-state index in [1.807, 2.05) is 6.92 Å². The van der Waals surface area contributed by atoms with Crippen molar-refractivity contribution in [1.29, 1.82) is 0 Å². The molecule has 0 saturated carbocycles. The Kier molecular flexibility index (Phi) is 4.89. The van der Waals surface area contributed by atoms with E-state index in [4.69, 9.17) is 0 Å². The van der Waals surface area contributed by atoms with Gasteiger partial charge in [-0.25, -0.2) is 13.6 Å². The topological polar surface area (TPSA) is 77.1 Å². The molecule has 0 fully saturated rings. The van der Waals surface area contributed by atoms with Crippen LogP contribution in [0.1, 0.15) is 28.7 Å². The lowest BCUT2D eigenvalue weighted by molar-refractivity contribution is 0.0695. The highest BCUT2D eigenvalue weighted by Crippen LogP contribution is 2.26. The van der Waals surface area contributed by atoms with E-state index in [9.17, 15) is 23.5 Å². The highest BCUT2D eigenvalue weighted by Gasteiger charge is 2.22. The van der Waals surface area contributed by atoms with Crippen molar-refractivity contribution in [3.8, 4) is 11.3 Å². The summed E-state index contributed by atoms with van der Waals surface area (Å²) in [5.41, 5.74) is 0.270. The Hall–Kier alpha value is -3.29. The summed E-state index contributed by atoms with van der Waals surface area (Å²) in [4.78, 5) is 24.2. The Morgan fingerprint density at radius 1 is 1.19 bits per heavy atom. The van der Waals surface area contributed by atoms with Gasteiger partial charge in [-0.05, 0) is 38.1 Å². The number of benzene rings is 1. The van der Waals surface area contributed by atoms with Gasteiger partial charge in [0.1, 0.15) is 5.56 Å². The normalized spacial score (nSPS) is 11.0. The molecule has 27 heavy (non-hydrogen) atoms. The van der Waals surface area contributed by atoms with Crippen molar-refractivity contribution >= 4 is 5.97 Å². The van der Waals surface area contributed by atoms with Crippen LogP contribution in [0, 0.1) is 18.6 Å². The van der Waals surface area contributed by atoms with Crippen LogP contribution in [0.3, 0.4) is 0 Å². The Bertz CT molecular complexity index is 1090. The fraction of sp³-hybridized carbons (Fsp3) is 0.211. The number of carbonyl (C=O) groups is 1. The Labute approximate surface area is 153 Å². The van der Waals surface area contributed by atoms with E-state index >= 15 is 0 Å². The minimum Gasteiger partial charge on any atom is -0.477 e. The lowest BCUT2D eigenvalue weighted by atomic mass is 10.0. The van der Waals surface area contributed by atoms with Crippen molar-refractivity contribution in [3.05, 3.63) is 75.3 Å². The van der Waals surface area contributed by atoms with Crippen molar-refractivity contribution in [2.75, 3.05) is 0 Å². The third kappa shape index (κ3) is 3.51. The predicted octanol–water partition coefficient (Wildman–Crippen LogP) is 3.06. The van der Waals surface area contributed by atoms with Crippen molar-refractivity contribution in [1.82, 2.24) is 14.3 Å². The number of nitrogens with zero attached hydrogens (tertiary/aromatic N) is 3. The first-order valence-corrected chi connectivity index (χ1v) is 8.27. The van der Waals surface area contributed by atoms with Crippen LogP contribution in [0.2, 0.25) is 0 Å². The number of pyridine rings is 1. The number of rotatable bonds is 5. The first kappa shape index (κ1) is 18.5. The van der Waals surface area contributed by atoms with E-state index in [1.165, 1.54) is 12.1 Å². The summed E-state index contributed by atoms with van der Waals surface area (Å²) in [6.07, 6.45) is 1.74. The number of carboxylic acid groups (broad SMARTS) is 1. The third-order valence-electron chi connectivity index (χ3n) is 4.22. The predicted molar refractivity (Wildman–Crippen MR) is 94.8 cm³/mol. The van der Waals surface area contributed by atoms with E-state index < -0.39 is 28.6 Å². The maximum atomic E-state index is 13.8. The minimum absolute atomic E-state index is 0.0373. The first-order valence-electron chi connectivity index (χ1n) is 8.27. The lowest BCUT2D eigenvalue weighted by Gasteiger charge is -2.20. The standard InChI is InChI=1S/C19H17F2N3O3/c1-3-24-13(10-23-7-6-11(2)22-23)9-16(25)17(19(26)27)18(24)12-4-5-14(20)15(21)8-12/h4-9H,3,10H2,1-2H3,(H,26,27). The average molecular weight is 373 g/mol. The maximum absolute atomic E-state index is 13.8. The summed E-state index contributed by atoms with van der Waals surface area (Å²) < 4.78 is 30.3. The summed E-state index contributed by atoms with van der Waals surface area (Å²) in [6.45, 7) is 4.15. The van der Waals surface area contributed by atoms with Gasteiger partial charge in [-0.1, -0.05) is 0 Å². The lowest BCUT2D eigenvalue weighted by Crippen LogP contribution is -2.24. The highest BCUT2D eigenvalue weighted by atomic mass is 19.2. The highest BCUT2D eigenvalue weighted by molar-refractivity contribution is 5.95. The van der Waals surface area contributed by atoms with Crippen LogP contribution >= 0.6 is 0 Å². The zero-order valence-electron chi connectivity index (χ0n) is 14.7. The van der Waals surface area contributed by atoms with Crippen molar-refractivity contribution in [2.45, 2.75) is 26.9 Å². The molecule has 1 N–H and O–H groups in total. The molecule has 0 atom stereocenters. The molecule has 0 bridgehead atoms. The van der Waals surface area contributed by atoms with Gasteiger partial charge < -0.3 is 9.67 Å². The summed E-state index contributed by atoms with van der Waals surface area (Å²) in [5.74, 6) is -3.60. The number of hydrogen-bond donors (Lipinski definition) is 1. The molecule has 2 aromatic heterocycles. The molecule has 0 saturated heterocycles. The number of carboxylic acids is 1. The van der Waals surface area contributed by atoms with Gasteiger partial charge >= 0.3 is 5.97 Å². The van der Waals surface area contributed by atoms with Gasteiger partial charge in [0.15, 0.2) is 17.1 Å².